The van der Waals surface area contributed by atoms with Crippen LogP contribution in [0.5, 0.6) is 0 Å². The molecule has 182 valence electrons. The van der Waals surface area contributed by atoms with Gasteiger partial charge >= 0.3 is 0 Å². The van der Waals surface area contributed by atoms with Crippen LogP contribution in [0.3, 0.4) is 0 Å². The van der Waals surface area contributed by atoms with Crippen LogP contribution in [0.1, 0.15) is 28.8 Å². The summed E-state index contributed by atoms with van der Waals surface area (Å²) < 4.78 is 0. The van der Waals surface area contributed by atoms with Crippen molar-refractivity contribution in [3.8, 4) is 6.07 Å². The molecule has 0 saturated heterocycles. The number of thioether (sulfide) groups is 1. The number of nitrogens with zero attached hydrogens (tertiary/aromatic N) is 1. The molecule has 8 heteroatoms. The summed E-state index contributed by atoms with van der Waals surface area (Å²) in [5.41, 5.74) is 5.08. The molecule has 3 aromatic rings. The quantitative estimate of drug-likeness (QED) is 0.356. The van der Waals surface area contributed by atoms with Gasteiger partial charge in [-0.1, -0.05) is 53.7 Å². The minimum atomic E-state index is -0.525. The molecular formula is C28H26N4O2S2. The van der Waals surface area contributed by atoms with E-state index in [4.69, 9.17) is 0 Å². The molecular weight excluding hydrogens is 488 g/mol. The lowest BCUT2D eigenvalue weighted by Crippen LogP contribution is -2.31. The van der Waals surface area contributed by atoms with Gasteiger partial charge in [0.05, 0.1) is 28.3 Å². The van der Waals surface area contributed by atoms with Crippen LogP contribution in [-0.4, -0.2) is 17.6 Å². The first-order valence-electron chi connectivity index (χ1n) is 11.4. The van der Waals surface area contributed by atoms with E-state index in [9.17, 15) is 14.9 Å². The van der Waals surface area contributed by atoms with E-state index in [2.05, 4.69) is 22.0 Å². The van der Waals surface area contributed by atoms with Crippen molar-refractivity contribution < 1.29 is 9.59 Å². The molecule has 1 atom stereocenters. The van der Waals surface area contributed by atoms with Gasteiger partial charge in [-0.2, -0.15) is 5.26 Å². The maximum atomic E-state index is 13.5. The smallest absolute Gasteiger partial charge is 0.254 e. The van der Waals surface area contributed by atoms with Crippen LogP contribution in [0, 0.1) is 25.2 Å². The standard InChI is InChI=1S/C28H26N4O2S2/c1-17-10-12-20(13-11-17)31-24(33)16-36-28-21(15-29)26(23-9-6-14-35-23)25(19(3)30-28)27(34)32-22-8-5-4-7-18(22)2/h4-14,26,30H,16H2,1-3H3,(H,31,33)(H,32,34)/t26-/m1/s1. The highest BCUT2D eigenvalue weighted by atomic mass is 32.2. The van der Waals surface area contributed by atoms with Gasteiger partial charge in [0, 0.05) is 27.5 Å². The number of hydrogen-bond acceptors (Lipinski definition) is 6. The number of nitriles is 1. The highest BCUT2D eigenvalue weighted by Crippen LogP contribution is 2.42. The first-order valence-corrected chi connectivity index (χ1v) is 13.3. The molecule has 36 heavy (non-hydrogen) atoms. The van der Waals surface area contributed by atoms with E-state index in [0.717, 1.165) is 27.4 Å². The Hall–Kier alpha value is -3.80. The van der Waals surface area contributed by atoms with Gasteiger partial charge in [-0.25, -0.2) is 0 Å². The summed E-state index contributed by atoms with van der Waals surface area (Å²) in [7, 11) is 0. The number of hydrogen-bond donors (Lipinski definition) is 3. The van der Waals surface area contributed by atoms with Gasteiger partial charge in [-0.3, -0.25) is 9.59 Å². The van der Waals surface area contributed by atoms with Crippen LogP contribution >= 0.6 is 23.1 Å². The third kappa shape index (κ3) is 5.70. The third-order valence-corrected chi connectivity index (χ3v) is 7.75. The Labute approximate surface area is 219 Å². The topological polar surface area (TPSA) is 94.0 Å². The predicted octanol–water partition coefficient (Wildman–Crippen LogP) is 6.07. The van der Waals surface area contributed by atoms with Gasteiger partial charge < -0.3 is 16.0 Å². The number of dihydropyridines is 1. The molecule has 1 aromatic heterocycles. The molecule has 0 fully saturated rings. The molecule has 1 aliphatic rings. The fourth-order valence-electron chi connectivity index (χ4n) is 3.94. The van der Waals surface area contributed by atoms with Gasteiger partial charge in [0.15, 0.2) is 0 Å². The largest absolute Gasteiger partial charge is 0.353 e. The Morgan fingerprint density at radius 2 is 1.78 bits per heavy atom. The Balaban J connectivity index is 1.58. The molecule has 0 bridgehead atoms. The minimum Gasteiger partial charge on any atom is -0.353 e. The lowest BCUT2D eigenvalue weighted by atomic mass is 9.86. The monoisotopic (exact) mass is 514 g/mol. The summed E-state index contributed by atoms with van der Waals surface area (Å²) in [5, 5.41) is 21.8. The number of nitrogens with one attached hydrogen (secondary N) is 3. The van der Waals surface area contributed by atoms with E-state index in [1.54, 1.807) is 0 Å². The van der Waals surface area contributed by atoms with E-state index in [1.807, 2.05) is 86.8 Å². The second kappa shape index (κ2) is 11.3. The SMILES string of the molecule is CC1=C(C(=O)Nc2ccccc2C)[C@@H](c2cccs2)C(C#N)=C(SCC(=O)Nc2ccc(C)cc2)N1. The summed E-state index contributed by atoms with van der Waals surface area (Å²) in [4.78, 5) is 27.0. The summed E-state index contributed by atoms with van der Waals surface area (Å²) in [6.45, 7) is 5.75. The first kappa shape index (κ1) is 25.3. The molecule has 6 nitrogen and oxygen atoms in total. The van der Waals surface area contributed by atoms with Crippen molar-refractivity contribution >= 4 is 46.3 Å². The van der Waals surface area contributed by atoms with E-state index < -0.39 is 5.92 Å². The van der Waals surface area contributed by atoms with Crippen molar-refractivity contribution in [3.63, 3.8) is 0 Å². The zero-order valence-electron chi connectivity index (χ0n) is 20.2. The molecule has 1 aliphatic heterocycles. The molecule has 4 rings (SSSR count). The van der Waals surface area contributed by atoms with E-state index in [-0.39, 0.29) is 17.6 Å². The van der Waals surface area contributed by atoms with E-state index in [1.165, 1.54) is 23.1 Å². The van der Waals surface area contributed by atoms with Crippen LogP contribution in [0.2, 0.25) is 0 Å². The Morgan fingerprint density at radius 1 is 1.03 bits per heavy atom. The number of allylic oxidation sites excluding steroid dienone is 2. The molecule has 2 heterocycles. The fourth-order valence-corrected chi connectivity index (χ4v) is 5.68. The van der Waals surface area contributed by atoms with Crippen molar-refractivity contribution in [3.05, 3.63) is 104 Å². The lowest BCUT2D eigenvalue weighted by molar-refractivity contribution is -0.114. The van der Waals surface area contributed by atoms with Crippen LogP contribution < -0.4 is 16.0 Å². The van der Waals surface area contributed by atoms with Gasteiger partial charge in [0.1, 0.15) is 0 Å². The zero-order chi connectivity index (χ0) is 25.7. The highest BCUT2D eigenvalue weighted by Gasteiger charge is 2.35. The lowest BCUT2D eigenvalue weighted by Gasteiger charge is -2.29. The number of carbonyl (C=O) groups is 2. The number of benzene rings is 2. The third-order valence-electron chi connectivity index (χ3n) is 5.80. The summed E-state index contributed by atoms with van der Waals surface area (Å²) >= 11 is 2.75. The van der Waals surface area contributed by atoms with Crippen LogP contribution in [0.25, 0.3) is 0 Å². The van der Waals surface area contributed by atoms with Gasteiger partial charge in [0.2, 0.25) is 5.91 Å². The molecule has 0 saturated carbocycles. The number of anilines is 2. The van der Waals surface area contributed by atoms with Gasteiger partial charge in [-0.05, 0) is 56.0 Å². The van der Waals surface area contributed by atoms with E-state index >= 15 is 0 Å². The maximum absolute atomic E-state index is 13.5. The molecule has 2 amide bonds. The number of aryl methyl sites for hydroxylation is 2. The fraction of sp³-hybridized carbons (Fsp3) is 0.179. The average molecular weight is 515 g/mol. The van der Waals surface area contributed by atoms with Crippen molar-refractivity contribution in [1.29, 1.82) is 5.26 Å². The van der Waals surface area contributed by atoms with E-state index in [0.29, 0.717) is 21.9 Å². The molecule has 0 radical (unpaired) electrons. The zero-order valence-corrected chi connectivity index (χ0v) is 21.8. The number of carbonyl (C=O) groups excluding carboxylic acids is 2. The highest BCUT2D eigenvalue weighted by molar-refractivity contribution is 8.03. The Morgan fingerprint density at radius 3 is 2.44 bits per heavy atom. The van der Waals surface area contributed by atoms with Crippen molar-refractivity contribution in [2.75, 3.05) is 16.4 Å². The van der Waals surface area contributed by atoms with Crippen LogP contribution in [0.15, 0.2) is 87.9 Å². The Kier molecular flexibility index (Phi) is 7.93. The van der Waals surface area contributed by atoms with Gasteiger partial charge in [0.25, 0.3) is 5.91 Å². The normalized spacial score (nSPS) is 15.2. The molecule has 0 aliphatic carbocycles. The second-order valence-electron chi connectivity index (χ2n) is 8.44. The average Bonchev–Trinajstić information content (AvgIpc) is 3.39. The number of amides is 2. The first-order chi connectivity index (χ1) is 17.4. The Bertz CT molecular complexity index is 1380. The van der Waals surface area contributed by atoms with Crippen molar-refractivity contribution in [2.24, 2.45) is 0 Å². The second-order valence-corrected chi connectivity index (χ2v) is 10.4. The summed E-state index contributed by atoms with van der Waals surface area (Å²) in [6.07, 6.45) is 0. The minimum absolute atomic E-state index is 0.122. The number of rotatable bonds is 7. The van der Waals surface area contributed by atoms with Crippen molar-refractivity contribution in [1.82, 2.24) is 5.32 Å². The summed E-state index contributed by atoms with van der Waals surface area (Å²) in [6, 6.07) is 21.3. The van der Waals surface area contributed by atoms with Crippen LogP contribution in [-0.2, 0) is 9.59 Å². The van der Waals surface area contributed by atoms with Gasteiger partial charge in [-0.15, -0.1) is 11.3 Å². The van der Waals surface area contributed by atoms with Crippen molar-refractivity contribution in [2.45, 2.75) is 26.7 Å². The summed E-state index contributed by atoms with van der Waals surface area (Å²) in [5.74, 6) is -0.839. The number of thiophene rings is 1. The number of para-hydroxylation sites is 1. The molecule has 3 N–H and O–H groups in total. The molecule has 0 unspecified atom stereocenters. The van der Waals surface area contributed by atoms with Crippen LogP contribution in [0.4, 0.5) is 11.4 Å². The maximum Gasteiger partial charge on any atom is 0.254 e. The molecule has 2 aromatic carbocycles. The molecule has 0 spiro atoms. The predicted molar refractivity (Wildman–Crippen MR) is 148 cm³/mol.